The third-order valence-electron chi connectivity index (χ3n) is 2.77. The summed E-state index contributed by atoms with van der Waals surface area (Å²) in [6.45, 7) is 0. The fraction of sp³-hybridized carbons (Fsp3) is 1.00. The average Bonchev–Trinajstić information content (AvgIpc) is 1.94. The Labute approximate surface area is 61.4 Å². The maximum atomic E-state index is 2.18. The van der Waals surface area contributed by atoms with E-state index in [1.807, 2.05) is 0 Å². The fourth-order valence-corrected chi connectivity index (χ4v) is 3.20. The molecule has 1 saturated heterocycles. The molecule has 2 atom stereocenters. The number of thioether (sulfide) groups is 1. The Morgan fingerprint density at radius 3 is 2.67 bits per heavy atom. The summed E-state index contributed by atoms with van der Waals surface area (Å²) in [5.41, 5.74) is 0. The molecule has 52 valence electrons. The van der Waals surface area contributed by atoms with Crippen molar-refractivity contribution in [2.45, 2.75) is 25.7 Å². The first-order valence-electron chi connectivity index (χ1n) is 4.04. The van der Waals surface area contributed by atoms with Crippen molar-refractivity contribution in [1.82, 2.24) is 0 Å². The number of hydrogen-bond acceptors (Lipinski definition) is 1. The van der Waals surface area contributed by atoms with Gasteiger partial charge in [-0.3, -0.25) is 0 Å². The molecule has 0 aromatic rings. The molecule has 0 spiro atoms. The van der Waals surface area contributed by atoms with E-state index in [-0.39, 0.29) is 0 Å². The van der Waals surface area contributed by atoms with Gasteiger partial charge in [0.2, 0.25) is 0 Å². The SMILES string of the molecule is C1CSCC2CCC2C1. The van der Waals surface area contributed by atoms with Crippen LogP contribution in [-0.2, 0) is 0 Å². The summed E-state index contributed by atoms with van der Waals surface area (Å²) in [4.78, 5) is 0. The lowest BCUT2D eigenvalue weighted by molar-refractivity contribution is 0.191. The molecule has 0 amide bonds. The van der Waals surface area contributed by atoms with Crippen molar-refractivity contribution in [3.05, 3.63) is 0 Å². The quantitative estimate of drug-likeness (QED) is 0.501. The van der Waals surface area contributed by atoms with Gasteiger partial charge in [-0.05, 0) is 49.0 Å². The van der Waals surface area contributed by atoms with Gasteiger partial charge in [0.1, 0.15) is 0 Å². The topological polar surface area (TPSA) is 0 Å². The molecule has 0 nitrogen and oxygen atoms in total. The van der Waals surface area contributed by atoms with E-state index in [0.717, 1.165) is 11.8 Å². The second-order valence-electron chi connectivity index (χ2n) is 3.31. The fourth-order valence-electron chi connectivity index (χ4n) is 1.92. The minimum atomic E-state index is 1.14. The maximum Gasteiger partial charge on any atom is -0.00365 e. The van der Waals surface area contributed by atoms with Gasteiger partial charge in [0, 0.05) is 0 Å². The highest BCUT2D eigenvalue weighted by Crippen LogP contribution is 2.41. The Kier molecular flexibility index (Phi) is 1.71. The first-order chi connectivity index (χ1) is 4.47. The molecule has 0 aromatic carbocycles. The van der Waals surface area contributed by atoms with Crippen LogP contribution in [0.2, 0.25) is 0 Å². The predicted molar refractivity (Wildman–Crippen MR) is 42.8 cm³/mol. The summed E-state index contributed by atoms with van der Waals surface area (Å²) in [6.07, 6.45) is 6.12. The summed E-state index contributed by atoms with van der Waals surface area (Å²) in [7, 11) is 0. The van der Waals surface area contributed by atoms with Crippen LogP contribution in [0, 0.1) is 11.8 Å². The Morgan fingerprint density at radius 2 is 1.89 bits per heavy atom. The molecule has 0 N–H and O–H groups in total. The summed E-state index contributed by atoms with van der Waals surface area (Å²) in [5.74, 6) is 5.20. The van der Waals surface area contributed by atoms with Gasteiger partial charge in [0.05, 0.1) is 0 Å². The average molecular weight is 142 g/mol. The van der Waals surface area contributed by atoms with Gasteiger partial charge in [0.25, 0.3) is 0 Å². The lowest BCUT2D eigenvalue weighted by Crippen LogP contribution is -2.26. The van der Waals surface area contributed by atoms with Crippen LogP contribution >= 0.6 is 11.8 Å². The highest BCUT2D eigenvalue weighted by molar-refractivity contribution is 7.99. The second kappa shape index (κ2) is 2.53. The summed E-state index contributed by atoms with van der Waals surface area (Å²) in [5, 5.41) is 0. The Balaban J connectivity index is 1.90. The van der Waals surface area contributed by atoms with Crippen molar-refractivity contribution in [3.8, 4) is 0 Å². The number of fused-ring (bicyclic) bond motifs is 1. The van der Waals surface area contributed by atoms with Gasteiger partial charge in [0.15, 0.2) is 0 Å². The first kappa shape index (κ1) is 6.09. The molecule has 2 fully saturated rings. The monoisotopic (exact) mass is 142 g/mol. The van der Waals surface area contributed by atoms with Gasteiger partial charge in [-0.2, -0.15) is 11.8 Å². The van der Waals surface area contributed by atoms with Gasteiger partial charge >= 0.3 is 0 Å². The lowest BCUT2D eigenvalue weighted by atomic mass is 9.73. The molecule has 2 aliphatic rings. The van der Waals surface area contributed by atoms with Crippen molar-refractivity contribution < 1.29 is 0 Å². The first-order valence-corrected chi connectivity index (χ1v) is 5.20. The van der Waals surface area contributed by atoms with E-state index in [9.17, 15) is 0 Å². The molecule has 0 radical (unpaired) electrons. The summed E-state index contributed by atoms with van der Waals surface area (Å²) < 4.78 is 0. The van der Waals surface area contributed by atoms with Crippen molar-refractivity contribution >= 4 is 11.8 Å². The standard InChI is InChI=1S/C8H14S/c1-2-7-3-4-8(7)6-9-5-1/h7-8H,1-6H2. The molecule has 9 heavy (non-hydrogen) atoms. The number of rotatable bonds is 0. The third-order valence-corrected chi connectivity index (χ3v) is 4.01. The smallest absolute Gasteiger partial charge is 0.00365 e. The molecule has 0 aromatic heterocycles. The molecule has 1 aliphatic heterocycles. The minimum absolute atomic E-state index is 1.14. The van der Waals surface area contributed by atoms with Crippen molar-refractivity contribution in [2.24, 2.45) is 11.8 Å². The normalized spacial score (nSPS) is 42.7. The molecule has 2 rings (SSSR count). The highest BCUT2D eigenvalue weighted by Gasteiger charge is 2.31. The van der Waals surface area contributed by atoms with Gasteiger partial charge in [-0.1, -0.05) is 0 Å². The maximum absolute atomic E-state index is 2.18. The van der Waals surface area contributed by atoms with Crippen LogP contribution in [-0.4, -0.2) is 11.5 Å². The minimum Gasteiger partial charge on any atom is -0.162 e. The third kappa shape index (κ3) is 1.12. The van der Waals surface area contributed by atoms with E-state index in [1.165, 1.54) is 30.8 Å². The second-order valence-corrected chi connectivity index (χ2v) is 4.46. The highest BCUT2D eigenvalue weighted by atomic mass is 32.2. The van der Waals surface area contributed by atoms with E-state index in [4.69, 9.17) is 0 Å². The van der Waals surface area contributed by atoms with Crippen LogP contribution in [0.25, 0.3) is 0 Å². The van der Waals surface area contributed by atoms with E-state index in [1.54, 1.807) is 6.42 Å². The summed E-state index contributed by atoms with van der Waals surface area (Å²) in [6, 6.07) is 0. The molecule has 1 aliphatic carbocycles. The van der Waals surface area contributed by atoms with E-state index in [2.05, 4.69) is 11.8 Å². The van der Waals surface area contributed by atoms with Crippen LogP contribution in [0.4, 0.5) is 0 Å². The Morgan fingerprint density at radius 1 is 1.00 bits per heavy atom. The van der Waals surface area contributed by atoms with Gasteiger partial charge in [-0.25, -0.2) is 0 Å². The molecule has 1 heteroatoms. The van der Waals surface area contributed by atoms with Crippen LogP contribution < -0.4 is 0 Å². The lowest BCUT2D eigenvalue weighted by Gasteiger charge is -2.34. The van der Waals surface area contributed by atoms with Crippen LogP contribution in [0.3, 0.4) is 0 Å². The molecular formula is C8H14S. The molecule has 1 saturated carbocycles. The van der Waals surface area contributed by atoms with Crippen molar-refractivity contribution in [1.29, 1.82) is 0 Å². The zero-order chi connectivity index (χ0) is 6.10. The molecule has 1 heterocycles. The Bertz CT molecular complexity index is 88.7. The zero-order valence-corrected chi connectivity index (χ0v) is 6.62. The zero-order valence-electron chi connectivity index (χ0n) is 5.81. The Hall–Kier alpha value is 0.350. The largest absolute Gasteiger partial charge is 0.162 e. The van der Waals surface area contributed by atoms with Crippen LogP contribution in [0.15, 0.2) is 0 Å². The van der Waals surface area contributed by atoms with Crippen molar-refractivity contribution in [3.63, 3.8) is 0 Å². The van der Waals surface area contributed by atoms with Crippen molar-refractivity contribution in [2.75, 3.05) is 11.5 Å². The van der Waals surface area contributed by atoms with E-state index >= 15 is 0 Å². The molecule has 2 unspecified atom stereocenters. The predicted octanol–water partition coefficient (Wildman–Crippen LogP) is 2.54. The van der Waals surface area contributed by atoms with E-state index < -0.39 is 0 Å². The number of hydrogen-bond donors (Lipinski definition) is 0. The van der Waals surface area contributed by atoms with Crippen LogP contribution in [0.5, 0.6) is 0 Å². The van der Waals surface area contributed by atoms with Gasteiger partial charge in [-0.15, -0.1) is 0 Å². The van der Waals surface area contributed by atoms with Gasteiger partial charge < -0.3 is 0 Å². The van der Waals surface area contributed by atoms with Crippen LogP contribution in [0.1, 0.15) is 25.7 Å². The summed E-state index contributed by atoms with van der Waals surface area (Å²) >= 11 is 2.18. The molecular weight excluding hydrogens is 128 g/mol. The molecule has 0 bridgehead atoms. The van der Waals surface area contributed by atoms with E-state index in [0.29, 0.717) is 0 Å².